The molecule has 2 N–H and O–H groups in total. The number of thiocarbonyl (C=S) groups is 1. The van der Waals surface area contributed by atoms with Crippen LogP contribution in [0.5, 0.6) is 0 Å². The van der Waals surface area contributed by atoms with E-state index in [9.17, 15) is 4.79 Å². The van der Waals surface area contributed by atoms with Crippen molar-refractivity contribution in [2.24, 2.45) is 0 Å². The van der Waals surface area contributed by atoms with Crippen LogP contribution in [0.2, 0.25) is 0 Å². The van der Waals surface area contributed by atoms with Crippen molar-refractivity contribution in [1.29, 1.82) is 0 Å². The van der Waals surface area contributed by atoms with Gasteiger partial charge in [-0.15, -0.1) is 0 Å². The largest absolute Gasteiger partial charge is 0.356 e. The van der Waals surface area contributed by atoms with Crippen LogP contribution in [0.15, 0.2) is 48.5 Å². The first kappa shape index (κ1) is 17.4. The fraction of sp³-hybridized carbons (Fsp3) is 0.300. The van der Waals surface area contributed by atoms with E-state index in [2.05, 4.69) is 36.6 Å². The molecule has 0 radical (unpaired) electrons. The van der Waals surface area contributed by atoms with Crippen LogP contribution in [0, 0.1) is 6.92 Å². The van der Waals surface area contributed by atoms with Gasteiger partial charge in [-0.3, -0.25) is 4.79 Å². The topological polar surface area (TPSA) is 44.4 Å². The van der Waals surface area contributed by atoms with Crippen molar-refractivity contribution in [2.45, 2.75) is 32.7 Å². The van der Waals surface area contributed by atoms with Crippen LogP contribution in [0.4, 0.5) is 11.4 Å². The van der Waals surface area contributed by atoms with E-state index < -0.39 is 0 Å². The number of hydrogen-bond acceptors (Lipinski definition) is 2. The molecule has 3 rings (SSSR count). The number of benzene rings is 2. The molecule has 5 heteroatoms. The third kappa shape index (κ3) is 4.17. The van der Waals surface area contributed by atoms with Gasteiger partial charge in [0.25, 0.3) is 0 Å². The second-order valence-corrected chi connectivity index (χ2v) is 6.78. The molecule has 25 heavy (non-hydrogen) atoms. The van der Waals surface area contributed by atoms with Gasteiger partial charge in [-0.2, -0.15) is 0 Å². The molecule has 2 aromatic rings. The van der Waals surface area contributed by atoms with Crippen molar-refractivity contribution in [3.05, 3.63) is 59.7 Å². The molecule has 1 saturated heterocycles. The van der Waals surface area contributed by atoms with Gasteiger partial charge in [-0.25, -0.2) is 0 Å². The molecule has 0 spiro atoms. The summed E-state index contributed by atoms with van der Waals surface area (Å²) in [6.45, 7) is 5.00. The summed E-state index contributed by atoms with van der Waals surface area (Å²) in [5.74, 6) is 0.199. The monoisotopic (exact) mass is 353 g/mol. The van der Waals surface area contributed by atoms with Gasteiger partial charge in [0.2, 0.25) is 5.91 Å². The number of rotatable bonds is 4. The Bertz CT molecular complexity index is 773. The average molecular weight is 353 g/mol. The first-order valence-corrected chi connectivity index (χ1v) is 8.99. The summed E-state index contributed by atoms with van der Waals surface area (Å²) in [5, 5.41) is 7.11. The Kier molecular flexibility index (Phi) is 5.34. The van der Waals surface area contributed by atoms with Gasteiger partial charge in [0.1, 0.15) is 0 Å². The maximum atomic E-state index is 11.8. The predicted octanol–water partition coefficient (Wildman–Crippen LogP) is 4.17. The lowest BCUT2D eigenvalue weighted by Gasteiger charge is -2.20. The fourth-order valence-electron chi connectivity index (χ4n) is 3.16. The van der Waals surface area contributed by atoms with Crippen LogP contribution in [0.3, 0.4) is 0 Å². The summed E-state index contributed by atoms with van der Waals surface area (Å²) in [7, 11) is 0. The minimum Gasteiger partial charge on any atom is -0.356 e. The zero-order valence-corrected chi connectivity index (χ0v) is 15.4. The fourth-order valence-corrected chi connectivity index (χ4v) is 3.45. The molecule has 4 nitrogen and oxygen atoms in total. The Morgan fingerprint density at radius 3 is 2.52 bits per heavy atom. The Morgan fingerprint density at radius 1 is 1.16 bits per heavy atom. The van der Waals surface area contributed by atoms with E-state index >= 15 is 0 Å². The Labute approximate surface area is 154 Å². The van der Waals surface area contributed by atoms with Crippen molar-refractivity contribution in [1.82, 2.24) is 5.32 Å². The van der Waals surface area contributed by atoms with Crippen LogP contribution in [-0.2, 0) is 4.79 Å². The third-order valence-corrected chi connectivity index (χ3v) is 4.73. The molecule has 2 aromatic carbocycles. The lowest BCUT2D eigenvalue weighted by Crippen LogP contribution is -2.31. The summed E-state index contributed by atoms with van der Waals surface area (Å²) in [4.78, 5) is 13.6. The molecule has 1 atom stereocenters. The standard InChI is InChI=1S/C20H23N3OS/c1-14-6-3-4-7-18(14)15(2)21-20(25)22-16-9-11-17(12-10-16)23-13-5-8-19(23)24/h3-4,6-7,9-12,15H,5,8,13H2,1-2H3,(H2,21,22,25)/t15-/m0/s1. The summed E-state index contributed by atoms with van der Waals surface area (Å²) in [6, 6.07) is 16.2. The van der Waals surface area contributed by atoms with E-state index in [4.69, 9.17) is 12.2 Å². The first-order chi connectivity index (χ1) is 12.0. The van der Waals surface area contributed by atoms with E-state index in [0.717, 1.165) is 24.3 Å². The van der Waals surface area contributed by atoms with E-state index in [1.54, 1.807) is 0 Å². The quantitative estimate of drug-likeness (QED) is 0.810. The van der Waals surface area contributed by atoms with Crippen molar-refractivity contribution < 1.29 is 4.79 Å². The zero-order chi connectivity index (χ0) is 17.8. The highest BCUT2D eigenvalue weighted by molar-refractivity contribution is 7.80. The van der Waals surface area contributed by atoms with Crippen molar-refractivity contribution >= 4 is 34.6 Å². The smallest absolute Gasteiger partial charge is 0.227 e. The molecule has 1 aliphatic heterocycles. The highest BCUT2D eigenvalue weighted by Gasteiger charge is 2.21. The van der Waals surface area contributed by atoms with Crippen LogP contribution < -0.4 is 15.5 Å². The van der Waals surface area contributed by atoms with Crippen LogP contribution in [-0.4, -0.2) is 17.6 Å². The van der Waals surface area contributed by atoms with E-state index in [1.807, 2.05) is 41.3 Å². The van der Waals surface area contributed by atoms with E-state index in [0.29, 0.717) is 11.5 Å². The second kappa shape index (κ2) is 7.66. The molecule has 1 aliphatic rings. The SMILES string of the molecule is Cc1ccccc1[C@H](C)NC(=S)Nc1ccc(N2CCCC2=O)cc1. The molecule has 0 aromatic heterocycles. The van der Waals surface area contributed by atoms with Gasteiger partial charge in [0, 0.05) is 24.3 Å². The van der Waals surface area contributed by atoms with Gasteiger partial charge < -0.3 is 15.5 Å². The van der Waals surface area contributed by atoms with Gasteiger partial charge in [-0.1, -0.05) is 24.3 Å². The van der Waals surface area contributed by atoms with Crippen molar-refractivity contribution in [3.8, 4) is 0 Å². The van der Waals surface area contributed by atoms with Crippen LogP contribution in [0.1, 0.15) is 36.9 Å². The summed E-state index contributed by atoms with van der Waals surface area (Å²) >= 11 is 5.43. The number of nitrogens with zero attached hydrogens (tertiary/aromatic N) is 1. The molecule has 1 heterocycles. The second-order valence-electron chi connectivity index (χ2n) is 6.37. The molecule has 1 fully saturated rings. The van der Waals surface area contributed by atoms with E-state index in [1.165, 1.54) is 11.1 Å². The number of nitrogens with one attached hydrogen (secondary N) is 2. The van der Waals surface area contributed by atoms with Gasteiger partial charge in [0.05, 0.1) is 6.04 Å². The number of anilines is 2. The van der Waals surface area contributed by atoms with Crippen LogP contribution in [0.25, 0.3) is 0 Å². The van der Waals surface area contributed by atoms with Crippen molar-refractivity contribution in [2.75, 3.05) is 16.8 Å². The lowest BCUT2D eigenvalue weighted by molar-refractivity contribution is -0.117. The summed E-state index contributed by atoms with van der Waals surface area (Å²) in [6.07, 6.45) is 1.58. The first-order valence-electron chi connectivity index (χ1n) is 8.58. The molecule has 0 unspecified atom stereocenters. The van der Waals surface area contributed by atoms with Gasteiger partial charge in [0.15, 0.2) is 5.11 Å². The molecule has 0 aliphatic carbocycles. The molecule has 130 valence electrons. The van der Waals surface area contributed by atoms with Crippen LogP contribution >= 0.6 is 12.2 Å². The maximum absolute atomic E-state index is 11.8. The minimum atomic E-state index is 0.127. The summed E-state index contributed by atoms with van der Waals surface area (Å²) in [5.41, 5.74) is 4.32. The lowest BCUT2D eigenvalue weighted by atomic mass is 10.0. The number of carbonyl (C=O) groups is 1. The number of carbonyl (C=O) groups excluding carboxylic acids is 1. The molecular formula is C20H23N3OS. The number of amides is 1. The average Bonchev–Trinajstić information content (AvgIpc) is 3.02. The molecule has 1 amide bonds. The number of hydrogen-bond donors (Lipinski definition) is 2. The van der Waals surface area contributed by atoms with Crippen molar-refractivity contribution in [3.63, 3.8) is 0 Å². The van der Waals surface area contributed by atoms with E-state index in [-0.39, 0.29) is 11.9 Å². The minimum absolute atomic E-state index is 0.127. The molecule has 0 bridgehead atoms. The maximum Gasteiger partial charge on any atom is 0.227 e. The Morgan fingerprint density at radius 2 is 1.88 bits per heavy atom. The third-order valence-electron chi connectivity index (χ3n) is 4.51. The van der Waals surface area contributed by atoms with Gasteiger partial charge in [-0.05, 0) is 67.9 Å². The normalized spacial score (nSPS) is 15.1. The predicted molar refractivity (Wildman–Crippen MR) is 107 cm³/mol. The number of aryl methyl sites for hydroxylation is 1. The Balaban J connectivity index is 1.59. The zero-order valence-electron chi connectivity index (χ0n) is 14.6. The highest BCUT2D eigenvalue weighted by atomic mass is 32.1. The molecule has 0 saturated carbocycles. The molecular weight excluding hydrogens is 330 g/mol. The van der Waals surface area contributed by atoms with Gasteiger partial charge >= 0.3 is 0 Å². The highest BCUT2D eigenvalue weighted by Crippen LogP contribution is 2.23. The summed E-state index contributed by atoms with van der Waals surface area (Å²) < 4.78 is 0. The Hall–Kier alpha value is -2.40.